The third kappa shape index (κ3) is 3.32. The maximum Gasteiger partial charge on any atom is 0.340 e. The first kappa shape index (κ1) is 18.7. The molecule has 7 nitrogen and oxygen atoms in total. The van der Waals surface area contributed by atoms with Gasteiger partial charge in [0.25, 0.3) is 0 Å². The second-order valence-corrected chi connectivity index (χ2v) is 6.70. The lowest BCUT2D eigenvalue weighted by molar-refractivity contribution is -0.305. The lowest BCUT2D eigenvalue weighted by Crippen LogP contribution is -2.32. The molecule has 0 saturated carbocycles. The summed E-state index contributed by atoms with van der Waals surface area (Å²) in [5.74, 6) is -0.924. The van der Waals surface area contributed by atoms with E-state index in [4.69, 9.17) is 8.83 Å². The highest BCUT2D eigenvalue weighted by Crippen LogP contribution is 2.35. The van der Waals surface area contributed by atoms with E-state index >= 15 is 0 Å². The maximum atomic E-state index is 12.4. The highest BCUT2D eigenvalue weighted by Gasteiger charge is 2.20. The second-order valence-electron chi connectivity index (χ2n) is 6.70. The Morgan fingerprint density at radius 1 is 1.07 bits per heavy atom. The second kappa shape index (κ2) is 6.90. The highest BCUT2D eigenvalue weighted by atomic mass is 16.4. The number of nitrogens with one attached hydrogen (secondary N) is 1. The molecule has 0 aliphatic carbocycles. The number of benzene rings is 1. The van der Waals surface area contributed by atoms with Gasteiger partial charge in [-0.2, -0.15) is 0 Å². The molecule has 3 aromatic rings. The Labute approximate surface area is 155 Å². The minimum absolute atomic E-state index is 0.0564. The zero-order chi connectivity index (χ0) is 19.9. The number of rotatable bonds is 5. The molecule has 0 aliphatic heterocycles. The van der Waals surface area contributed by atoms with Crippen molar-refractivity contribution in [1.82, 2.24) is 5.32 Å². The molecular formula is C20H20NO6-. The van der Waals surface area contributed by atoms with Crippen molar-refractivity contribution in [2.24, 2.45) is 0 Å². The summed E-state index contributed by atoms with van der Waals surface area (Å²) >= 11 is 0. The first-order chi connectivity index (χ1) is 12.7. The van der Waals surface area contributed by atoms with E-state index in [0.29, 0.717) is 22.1 Å². The number of amides is 1. The Kier molecular flexibility index (Phi) is 4.78. The number of hydrogen-bond donors (Lipinski definition) is 1. The lowest BCUT2D eigenvalue weighted by Gasteiger charge is -2.10. The molecule has 0 fully saturated rings. The molecule has 0 bridgehead atoms. The van der Waals surface area contributed by atoms with E-state index in [-0.39, 0.29) is 24.9 Å². The first-order valence-corrected chi connectivity index (χ1v) is 8.62. The van der Waals surface area contributed by atoms with Crippen molar-refractivity contribution >= 4 is 33.8 Å². The van der Waals surface area contributed by atoms with Crippen molar-refractivity contribution in [2.75, 3.05) is 6.54 Å². The highest BCUT2D eigenvalue weighted by molar-refractivity contribution is 6.07. The van der Waals surface area contributed by atoms with Gasteiger partial charge in [-0.25, -0.2) is 4.79 Å². The molecule has 27 heavy (non-hydrogen) atoms. The van der Waals surface area contributed by atoms with Gasteiger partial charge < -0.3 is 24.1 Å². The molecular weight excluding hydrogens is 350 g/mol. The number of furan rings is 1. The summed E-state index contributed by atoms with van der Waals surface area (Å²) in [6.45, 7) is 7.47. The van der Waals surface area contributed by atoms with Crippen LogP contribution in [-0.4, -0.2) is 18.4 Å². The number of carboxylic acids is 1. The van der Waals surface area contributed by atoms with Crippen molar-refractivity contribution in [2.45, 2.75) is 40.5 Å². The number of carbonyl (C=O) groups is 2. The Hall–Kier alpha value is -3.09. The zero-order valence-corrected chi connectivity index (χ0v) is 15.6. The van der Waals surface area contributed by atoms with Gasteiger partial charge in [0.2, 0.25) is 5.91 Å². The summed E-state index contributed by atoms with van der Waals surface area (Å²) < 4.78 is 11.4. The van der Waals surface area contributed by atoms with Crippen LogP contribution in [0, 0.1) is 27.7 Å². The smallest absolute Gasteiger partial charge is 0.340 e. The van der Waals surface area contributed by atoms with E-state index in [2.05, 4.69) is 5.32 Å². The summed E-state index contributed by atoms with van der Waals surface area (Å²) in [5, 5.41) is 14.5. The molecule has 0 spiro atoms. The average Bonchev–Trinajstić information content (AvgIpc) is 2.86. The molecule has 2 aromatic heterocycles. The number of aliphatic carboxylic acids is 1. The molecule has 7 heteroatoms. The van der Waals surface area contributed by atoms with Gasteiger partial charge in [0.05, 0.1) is 17.4 Å². The zero-order valence-electron chi connectivity index (χ0n) is 15.6. The van der Waals surface area contributed by atoms with Crippen LogP contribution in [0.4, 0.5) is 0 Å². The van der Waals surface area contributed by atoms with Crippen LogP contribution in [0.5, 0.6) is 0 Å². The van der Waals surface area contributed by atoms with E-state index in [0.717, 1.165) is 22.3 Å². The molecule has 1 aromatic carbocycles. The van der Waals surface area contributed by atoms with Gasteiger partial charge in [-0.3, -0.25) is 4.79 Å². The van der Waals surface area contributed by atoms with Crippen LogP contribution in [-0.2, 0) is 16.0 Å². The fourth-order valence-corrected chi connectivity index (χ4v) is 3.36. The van der Waals surface area contributed by atoms with Crippen LogP contribution in [0.25, 0.3) is 21.9 Å². The van der Waals surface area contributed by atoms with E-state index in [9.17, 15) is 19.5 Å². The van der Waals surface area contributed by atoms with E-state index in [1.54, 1.807) is 13.0 Å². The molecule has 1 amide bonds. The Bertz CT molecular complexity index is 1140. The minimum Gasteiger partial charge on any atom is -0.550 e. The van der Waals surface area contributed by atoms with Crippen molar-refractivity contribution < 1.29 is 23.5 Å². The molecule has 0 atom stereocenters. The monoisotopic (exact) mass is 370 g/mol. The van der Waals surface area contributed by atoms with Gasteiger partial charge in [-0.1, -0.05) is 0 Å². The summed E-state index contributed by atoms with van der Waals surface area (Å²) in [4.78, 5) is 34.9. The van der Waals surface area contributed by atoms with Crippen molar-refractivity contribution in [3.05, 3.63) is 44.5 Å². The first-order valence-electron chi connectivity index (χ1n) is 8.62. The Balaban J connectivity index is 2.10. The fourth-order valence-electron chi connectivity index (χ4n) is 3.36. The topological polar surface area (TPSA) is 113 Å². The van der Waals surface area contributed by atoms with Crippen LogP contribution in [0.15, 0.2) is 19.7 Å². The predicted molar refractivity (Wildman–Crippen MR) is 97.5 cm³/mol. The van der Waals surface area contributed by atoms with E-state index in [1.807, 2.05) is 20.8 Å². The normalized spacial score (nSPS) is 11.3. The van der Waals surface area contributed by atoms with Crippen molar-refractivity contribution in [1.29, 1.82) is 0 Å². The molecule has 0 saturated heterocycles. The summed E-state index contributed by atoms with van der Waals surface area (Å²) in [6.07, 6.45) is -0.493. The third-order valence-electron chi connectivity index (χ3n) is 4.87. The number of fused-ring (bicyclic) bond motifs is 3. The largest absolute Gasteiger partial charge is 0.550 e. The van der Waals surface area contributed by atoms with Gasteiger partial charge in [0.15, 0.2) is 0 Å². The summed E-state index contributed by atoms with van der Waals surface area (Å²) in [7, 11) is 0. The van der Waals surface area contributed by atoms with Crippen LogP contribution in [0.1, 0.15) is 34.4 Å². The standard InChI is InChI=1S/C20H21NO6/c1-9-7-14-18(19-17(9)10(2)12(4)26-19)11(3)13(20(25)27-14)8-15(22)21-6-5-16(23)24/h7H,5-6,8H2,1-4H3,(H,21,22)(H,23,24)/p-1. The minimum atomic E-state index is -1.25. The Morgan fingerprint density at radius 3 is 2.44 bits per heavy atom. The molecule has 0 unspecified atom stereocenters. The number of carboxylic acid groups (broad SMARTS) is 1. The number of carbonyl (C=O) groups excluding carboxylic acids is 2. The van der Waals surface area contributed by atoms with Gasteiger partial charge >= 0.3 is 5.63 Å². The van der Waals surface area contributed by atoms with Gasteiger partial charge in [-0.15, -0.1) is 0 Å². The van der Waals surface area contributed by atoms with Crippen molar-refractivity contribution in [3.63, 3.8) is 0 Å². The van der Waals surface area contributed by atoms with Crippen LogP contribution < -0.4 is 16.0 Å². The molecule has 3 rings (SSSR count). The summed E-state index contributed by atoms with van der Waals surface area (Å²) in [6, 6.07) is 1.80. The van der Waals surface area contributed by atoms with Crippen LogP contribution >= 0.6 is 0 Å². The van der Waals surface area contributed by atoms with Crippen LogP contribution in [0.3, 0.4) is 0 Å². The average molecular weight is 370 g/mol. The Morgan fingerprint density at radius 2 is 1.78 bits per heavy atom. The number of hydrogen-bond acceptors (Lipinski definition) is 6. The van der Waals surface area contributed by atoms with E-state index in [1.165, 1.54) is 0 Å². The maximum absolute atomic E-state index is 12.4. The van der Waals surface area contributed by atoms with Crippen LogP contribution in [0.2, 0.25) is 0 Å². The van der Waals surface area contributed by atoms with Gasteiger partial charge in [0.1, 0.15) is 16.9 Å². The fraction of sp³-hybridized carbons (Fsp3) is 0.350. The lowest BCUT2D eigenvalue weighted by atomic mass is 9.98. The SMILES string of the molecule is Cc1oc2c(c(C)cc3oc(=O)c(CC(=O)NCCC(=O)[O-])c(C)c32)c1C. The molecule has 2 heterocycles. The molecule has 1 N–H and O–H groups in total. The van der Waals surface area contributed by atoms with Gasteiger partial charge in [0, 0.05) is 24.3 Å². The van der Waals surface area contributed by atoms with E-state index < -0.39 is 17.5 Å². The number of aryl methyl sites for hydroxylation is 4. The molecule has 0 radical (unpaired) electrons. The molecule has 0 aliphatic rings. The van der Waals surface area contributed by atoms with Crippen molar-refractivity contribution in [3.8, 4) is 0 Å². The predicted octanol–water partition coefficient (Wildman–Crippen LogP) is 1.57. The quantitative estimate of drug-likeness (QED) is 0.682. The molecule has 142 valence electrons. The van der Waals surface area contributed by atoms with Gasteiger partial charge in [-0.05, 0) is 50.5 Å². The third-order valence-corrected chi connectivity index (χ3v) is 4.87. The summed E-state index contributed by atoms with van der Waals surface area (Å²) in [5.41, 5.74) is 3.28.